The molecule has 2 fully saturated rings. The molecule has 16 heavy (non-hydrogen) atoms. The molecule has 1 saturated carbocycles. The van der Waals surface area contributed by atoms with Gasteiger partial charge in [0, 0.05) is 36.5 Å². The molecule has 2 aliphatic rings. The first-order chi connectivity index (χ1) is 7.61. The highest BCUT2D eigenvalue weighted by molar-refractivity contribution is 7.99. The molecule has 0 amide bonds. The van der Waals surface area contributed by atoms with Crippen LogP contribution in [0.3, 0.4) is 0 Å². The van der Waals surface area contributed by atoms with Gasteiger partial charge in [-0.1, -0.05) is 6.42 Å². The molecule has 1 heterocycles. The van der Waals surface area contributed by atoms with Gasteiger partial charge in [-0.3, -0.25) is 4.90 Å². The molecule has 1 saturated heterocycles. The third kappa shape index (κ3) is 3.14. The first-order valence-electron chi connectivity index (χ1n) is 6.62. The summed E-state index contributed by atoms with van der Waals surface area (Å²) in [5, 5.41) is 4.52. The van der Waals surface area contributed by atoms with Gasteiger partial charge in [0.05, 0.1) is 0 Å². The third-order valence-electron chi connectivity index (χ3n) is 4.05. The van der Waals surface area contributed by atoms with Crippen LogP contribution in [0, 0.1) is 0 Å². The largest absolute Gasteiger partial charge is 0.309 e. The van der Waals surface area contributed by atoms with Gasteiger partial charge in [0.25, 0.3) is 0 Å². The minimum atomic E-state index is 0.310. The highest BCUT2D eigenvalue weighted by Gasteiger charge is 2.32. The van der Waals surface area contributed by atoms with Crippen molar-refractivity contribution in [1.29, 1.82) is 0 Å². The van der Waals surface area contributed by atoms with Crippen molar-refractivity contribution in [1.82, 2.24) is 10.2 Å². The standard InChI is InChI=1S/C13H26N2S/c1-13(2)10-15(8-7-14-13)11-5-4-6-12(9-11)16-3/h11-12,14H,4-10H2,1-3H3. The molecule has 1 aliphatic heterocycles. The van der Waals surface area contributed by atoms with Crippen molar-refractivity contribution in [2.75, 3.05) is 25.9 Å². The Bertz CT molecular complexity index is 230. The van der Waals surface area contributed by atoms with E-state index < -0.39 is 0 Å². The lowest BCUT2D eigenvalue weighted by atomic mass is 9.91. The zero-order valence-corrected chi connectivity index (χ0v) is 11.8. The number of hydrogen-bond acceptors (Lipinski definition) is 3. The molecule has 0 radical (unpaired) electrons. The van der Waals surface area contributed by atoms with E-state index in [1.807, 2.05) is 0 Å². The first-order valence-corrected chi connectivity index (χ1v) is 7.91. The molecular formula is C13H26N2S. The van der Waals surface area contributed by atoms with Crippen LogP contribution in [-0.4, -0.2) is 47.6 Å². The minimum absolute atomic E-state index is 0.310. The first kappa shape index (κ1) is 12.7. The maximum absolute atomic E-state index is 3.61. The van der Waals surface area contributed by atoms with Crippen LogP contribution in [0.5, 0.6) is 0 Å². The molecular weight excluding hydrogens is 216 g/mol. The molecule has 3 heteroatoms. The summed E-state index contributed by atoms with van der Waals surface area (Å²) in [6, 6.07) is 0.854. The predicted octanol–water partition coefficient (Wildman–Crippen LogP) is 2.34. The maximum Gasteiger partial charge on any atom is 0.0252 e. The summed E-state index contributed by atoms with van der Waals surface area (Å²) in [4.78, 5) is 2.74. The fourth-order valence-electron chi connectivity index (χ4n) is 3.16. The Morgan fingerprint density at radius 3 is 2.81 bits per heavy atom. The van der Waals surface area contributed by atoms with E-state index in [1.54, 1.807) is 0 Å². The summed E-state index contributed by atoms with van der Waals surface area (Å²) in [5.41, 5.74) is 0.310. The van der Waals surface area contributed by atoms with Gasteiger partial charge in [0.1, 0.15) is 0 Å². The Kier molecular flexibility index (Phi) is 4.20. The molecule has 1 N–H and O–H groups in total. The number of nitrogens with zero attached hydrogens (tertiary/aromatic N) is 1. The Balaban J connectivity index is 1.91. The Morgan fingerprint density at radius 2 is 2.12 bits per heavy atom. The monoisotopic (exact) mass is 242 g/mol. The Labute approximate surface area is 105 Å². The Hall–Kier alpha value is 0.270. The van der Waals surface area contributed by atoms with Gasteiger partial charge in [0.2, 0.25) is 0 Å². The summed E-state index contributed by atoms with van der Waals surface area (Å²) in [6.07, 6.45) is 7.98. The van der Waals surface area contributed by atoms with Crippen molar-refractivity contribution in [3.05, 3.63) is 0 Å². The van der Waals surface area contributed by atoms with Crippen molar-refractivity contribution in [2.45, 2.75) is 56.4 Å². The van der Waals surface area contributed by atoms with Crippen molar-refractivity contribution in [2.24, 2.45) is 0 Å². The van der Waals surface area contributed by atoms with Crippen LogP contribution in [0.2, 0.25) is 0 Å². The van der Waals surface area contributed by atoms with Gasteiger partial charge in [-0.15, -0.1) is 0 Å². The molecule has 2 rings (SSSR count). The summed E-state index contributed by atoms with van der Waals surface area (Å²) < 4.78 is 0. The fraction of sp³-hybridized carbons (Fsp3) is 1.00. The highest BCUT2D eigenvalue weighted by atomic mass is 32.2. The highest BCUT2D eigenvalue weighted by Crippen LogP contribution is 2.30. The summed E-state index contributed by atoms with van der Waals surface area (Å²) in [5.74, 6) is 0. The number of nitrogens with one attached hydrogen (secondary N) is 1. The quantitative estimate of drug-likeness (QED) is 0.800. The van der Waals surface area contributed by atoms with Crippen LogP contribution in [0.4, 0.5) is 0 Å². The lowest BCUT2D eigenvalue weighted by Crippen LogP contribution is -2.59. The van der Waals surface area contributed by atoms with Crippen LogP contribution in [0.1, 0.15) is 39.5 Å². The van der Waals surface area contributed by atoms with Crippen LogP contribution in [0.25, 0.3) is 0 Å². The summed E-state index contributed by atoms with van der Waals surface area (Å²) in [6.45, 7) is 8.28. The zero-order valence-electron chi connectivity index (χ0n) is 11.0. The number of rotatable bonds is 2. The van der Waals surface area contributed by atoms with Crippen LogP contribution in [0.15, 0.2) is 0 Å². The second kappa shape index (κ2) is 5.28. The molecule has 1 aliphatic carbocycles. The van der Waals surface area contributed by atoms with Crippen molar-refractivity contribution >= 4 is 11.8 Å². The van der Waals surface area contributed by atoms with Crippen LogP contribution in [-0.2, 0) is 0 Å². The van der Waals surface area contributed by atoms with E-state index in [0.717, 1.165) is 17.8 Å². The van der Waals surface area contributed by atoms with Gasteiger partial charge in [-0.2, -0.15) is 11.8 Å². The molecule has 94 valence electrons. The SMILES string of the molecule is CSC1CCCC(N2CCNC(C)(C)C2)C1. The zero-order chi connectivity index (χ0) is 11.6. The molecule has 0 aromatic carbocycles. The predicted molar refractivity (Wildman–Crippen MR) is 73.2 cm³/mol. The van der Waals surface area contributed by atoms with Gasteiger partial charge < -0.3 is 5.32 Å². The second-order valence-corrected chi connectivity index (χ2v) is 7.10. The molecule has 2 nitrogen and oxygen atoms in total. The number of thioether (sulfide) groups is 1. The van der Waals surface area contributed by atoms with E-state index in [9.17, 15) is 0 Å². The second-order valence-electron chi connectivity index (χ2n) is 5.96. The average Bonchev–Trinajstić information content (AvgIpc) is 2.28. The maximum atomic E-state index is 3.61. The third-order valence-corrected chi connectivity index (χ3v) is 5.14. The van der Waals surface area contributed by atoms with Crippen molar-refractivity contribution in [3.63, 3.8) is 0 Å². The molecule has 2 atom stereocenters. The summed E-state index contributed by atoms with van der Waals surface area (Å²) in [7, 11) is 0. The van der Waals surface area contributed by atoms with E-state index in [2.05, 4.69) is 42.1 Å². The molecule has 0 bridgehead atoms. The van der Waals surface area contributed by atoms with E-state index in [1.165, 1.54) is 38.8 Å². The fourth-order valence-corrected chi connectivity index (χ4v) is 3.98. The van der Waals surface area contributed by atoms with Crippen molar-refractivity contribution in [3.8, 4) is 0 Å². The normalized spacial score (nSPS) is 36.2. The van der Waals surface area contributed by atoms with Gasteiger partial charge in [-0.05, 0) is 39.4 Å². The van der Waals surface area contributed by atoms with E-state index in [4.69, 9.17) is 0 Å². The number of piperazine rings is 1. The topological polar surface area (TPSA) is 15.3 Å². The van der Waals surface area contributed by atoms with E-state index in [0.29, 0.717) is 5.54 Å². The van der Waals surface area contributed by atoms with Gasteiger partial charge in [-0.25, -0.2) is 0 Å². The molecule has 0 aromatic heterocycles. The summed E-state index contributed by atoms with van der Waals surface area (Å²) >= 11 is 2.07. The molecule has 2 unspecified atom stereocenters. The number of hydrogen-bond donors (Lipinski definition) is 1. The van der Waals surface area contributed by atoms with E-state index in [-0.39, 0.29) is 0 Å². The average molecular weight is 242 g/mol. The molecule has 0 aromatic rings. The van der Waals surface area contributed by atoms with Crippen LogP contribution < -0.4 is 5.32 Å². The van der Waals surface area contributed by atoms with Gasteiger partial charge >= 0.3 is 0 Å². The van der Waals surface area contributed by atoms with Crippen LogP contribution >= 0.6 is 11.8 Å². The smallest absolute Gasteiger partial charge is 0.0252 e. The lowest BCUT2D eigenvalue weighted by Gasteiger charge is -2.45. The minimum Gasteiger partial charge on any atom is -0.309 e. The van der Waals surface area contributed by atoms with Gasteiger partial charge in [0.15, 0.2) is 0 Å². The lowest BCUT2D eigenvalue weighted by molar-refractivity contribution is 0.0893. The Morgan fingerprint density at radius 1 is 1.31 bits per heavy atom. The van der Waals surface area contributed by atoms with E-state index >= 15 is 0 Å². The molecule has 0 spiro atoms. The van der Waals surface area contributed by atoms with Crippen molar-refractivity contribution < 1.29 is 0 Å².